The van der Waals surface area contributed by atoms with Crippen LogP contribution in [-0.2, 0) is 0 Å². The van der Waals surface area contributed by atoms with E-state index in [9.17, 15) is 0 Å². The minimum absolute atomic E-state index is 0.816. The second-order valence-electron chi connectivity index (χ2n) is 6.69. The number of unbranched alkanes of at least 4 members (excludes halogenated alkanes) is 5. The molecule has 2 heteroatoms. The molecule has 0 spiro atoms. The van der Waals surface area contributed by atoms with Gasteiger partial charge in [0.15, 0.2) is 0 Å². The van der Waals surface area contributed by atoms with Gasteiger partial charge in [0.1, 0.15) is 0 Å². The molecule has 0 N–H and O–H groups in total. The molecule has 0 aromatic carbocycles. The van der Waals surface area contributed by atoms with Gasteiger partial charge in [-0.25, -0.2) is 0 Å². The summed E-state index contributed by atoms with van der Waals surface area (Å²) in [5.41, 5.74) is 0. The summed E-state index contributed by atoms with van der Waals surface area (Å²) >= 11 is 5.30. The lowest BCUT2D eigenvalue weighted by atomic mass is 10.1. The molecule has 0 aliphatic carbocycles. The molecular weight excluding hydrogens is 290 g/mol. The van der Waals surface area contributed by atoms with Crippen LogP contribution in [0.4, 0.5) is 0 Å². The number of halogens is 1. The summed E-state index contributed by atoms with van der Waals surface area (Å²) in [6.45, 7) is 17.1. The van der Waals surface area contributed by atoms with E-state index in [1.807, 2.05) is 0 Å². The second kappa shape index (κ2) is 19.3. The summed E-state index contributed by atoms with van der Waals surface area (Å²) in [4.78, 5) is 0. The summed E-state index contributed by atoms with van der Waals surface area (Å²) in [5, 5.41) is 0. The predicted octanol–water partition coefficient (Wildman–Crippen LogP) is 7.03. The summed E-state index contributed by atoms with van der Waals surface area (Å²) in [5.74, 6) is 0.816. The smallest absolute Gasteiger partial charge is 0.0786 e. The number of hydrogen-bond acceptors (Lipinski definition) is 0. The van der Waals surface area contributed by atoms with Gasteiger partial charge in [-0.15, -0.1) is 11.6 Å². The Morgan fingerprint density at radius 2 is 0.773 bits per heavy atom. The molecule has 0 aliphatic heterocycles. The molecule has 0 amide bonds. The van der Waals surface area contributed by atoms with Crippen molar-refractivity contribution in [3.05, 3.63) is 0 Å². The Hall–Kier alpha value is 0.250. The van der Waals surface area contributed by atoms with Gasteiger partial charge >= 0.3 is 0 Å². The van der Waals surface area contributed by atoms with Crippen molar-refractivity contribution >= 4 is 11.6 Å². The van der Waals surface area contributed by atoms with Gasteiger partial charge < -0.3 is 4.48 Å². The Labute approximate surface area is 147 Å². The molecule has 0 bridgehead atoms. The molecule has 136 valence electrons. The van der Waals surface area contributed by atoms with E-state index in [4.69, 9.17) is 11.6 Å². The zero-order valence-electron chi connectivity index (χ0n) is 16.4. The van der Waals surface area contributed by atoms with Crippen molar-refractivity contribution in [3.8, 4) is 0 Å². The maximum absolute atomic E-state index is 5.30. The SMILES string of the molecule is CCCCCl.CCCC[N+](CCCC)(CCCC)CCCC. The lowest BCUT2D eigenvalue weighted by molar-refractivity contribution is -0.929. The van der Waals surface area contributed by atoms with Gasteiger partial charge in [0, 0.05) is 5.88 Å². The number of quaternary nitrogens is 1. The Morgan fingerprint density at radius 3 is 0.909 bits per heavy atom. The Balaban J connectivity index is 0. The quantitative estimate of drug-likeness (QED) is 0.236. The van der Waals surface area contributed by atoms with E-state index >= 15 is 0 Å². The summed E-state index contributed by atoms with van der Waals surface area (Å²) < 4.78 is 1.42. The average Bonchev–Trinajstić information content (AvgIpc) is 2.55. The largest absolute Gasteiger partial charge is 0.324 e. The number of hydrogen-bond donors (Lipinski definition) is 0. The van der Waals surface area contributed by atoms with Crippen molar-refractivity contribution in [2.24, 2.45) is 0 Å². The third kappa shape index (κ3) is 15.2. The van der Waals surface area contributed by atoms with Crippen LogP contribution in [0.2, 0.25) is 0 Å². The van der Waals surface area contributed by atoms with E-state index in [0.717, 1.165) is 12.3 Å². The van der Waals surface area contributed by atoms with E-state index in [1.165, 1.54) is 88.4 Å². The molecule has 0 heterocycles. The van der Waals surface area contributed by atoms with Crippen molar-refractivity contribution < 1.29 is 4.48 Å². The van der Waals surface area contributed by atoms with Crippen LogP contribution in [0.3, 0.4) is 0 Å². The van der Waals surface area contributed by atoms with E-state index in [0.29, 0.717) is 0 Å². The molecule has 0 unspecified atom stereocenters. The first kappa shape index (κ1) is 24.5. The topological polar surface area (TPSA) is 0 Å². The Kier molecular flexibility index (Phi) is 21.5. The zero-order chi connectivity index (χ0) is 17.1. The van der Waals surface area contributed by atoms with Crippen LogP contribution in [-0.4, -0.2) is 36.5 Å². The molecule has 0 fully saturated rings. The number of nitrogens with zero attached hydrogens (tertiary/aromatic N) is 1. The van der Waals surface area contributed by atoms with E-state index in [2.05, 4.69) is 34.6 Å². The highest BCUT2D eigenvalue weighted by atomic mass is 35.5. The van der Waals surface area contributed by atoms with Crippen molar-refractivity contribution in [2.75, 3.05) is 32.1 Å². The summed E-state index contributed by atoms with van der Waals surface area (Å²) in [6, 6.07) is 0. The van der Waals surface area contributed by atoms with Gasteiger partial charge in [-0.2, -0.15) is 0 Å². The third-order valence-electron chi connectivity index (χ3n) is 4.43. The highest BCUT2D eigenvalue weighted by Gasteiger charge is 2.24. The molecule has 0 saturated heterocycles. The van der Waals surface area contributed by atoms with Gasteiger partial charge in [0.25, 0.3) is 0 Å². The normalized spacial score (nSPS) is 11.2. The minimum Gasteiger partial charge on any atom is -0.324 e. The highest BCUT2D eigenvalue weighted by molar-refractivity contribution is 6.17. The van der Waals surface area contributed by atoms with Gasteiger partial charge in [0.2, 0.25) is 0 Å². The molecule has 0 aliphatic rings. The second-order valence-corrected chi connectivity index (χ2v) is 7.07. The molecule has 0 aromatic rings. The predicted molar refractivity (Wildman–Crippen MR) is 105 cm³/mol. The lowest BCUT2D eigenvalue weighted by Gasteiger charge is -2.39. The number of rotatable bonds is 14. The van der Waals surface area contributed by atoms with E-state index < -0.39 is 0 Å². The number of alkyl halides is 1. The fourth-order valence-electron chi connectivity index (χ4n) is 2.78. The lowest BCUT2D eigenvalue weighted by Crippen LogP contribution is -2.50. The maximum Gasteiger partial charge on any atom is 0.0786 e. The molecule has 0 saturated carbocycles. The van der Waals surface area contributed by atoms with Gasteiger partial charge in [-0.3, -0.25) is 0 Å². The van der Waals surface area contributed by atoms with Crippen LogP contribution in [0.1, 0.15) is 98.8 Å². The van der Waals surface area contributed by atoms with Crippen LogP contribution in [0.25, 0.3) is 0 Å². The van der Waals surface area contributed by atoms with Crippen LogP contribution in [0, 0.1) is 0 Å². The molecule has 0 atom stereocenters. The molecule has 22 heavy (non-hydrogen) atoms. The fourth-order valence-corrected chi connectivity index (χ4v) is 3.05. The molecule has 0 aromatic heterocycles. The average molecular weight is 335 g/mol. The van der Waals surface area contributed by atoms with Crippen molar-refractivity contribution in [1.82, 2.24) is 0 Å². The van der Waals surface area contributed by atoms with Crippen molar-refractivity contribution in [1.29, 1.82) is 0 Å². The molecule has 1 nitrogen and oxygen atoms in total. The van der Waals surface area contributed by atoms with Crippen LogP contribution in [0.15, 0.2) is 0 Å². The Bertz CT molecular complexity index is 155. The summed E-state index contributed by atoms with van der Waals surface area (Å²) in [7, 11) is 0. The fraction of sp³-hybridized carbons (Fsp3) is 1.00. The van der Waals surface area contributed by atoms with Crippen molar-refractivity contribution in [3.63, 3.8) is 0 Å². The first-order valence-corrected chi connectivity index (χ1v) is 10.6. The first-order chi connectivity index (χ1) is 10.7. The van der Waals surface area contributed by atoms with Crippen LogP contribution in [0.5, 0.6) is 0 Å². The van der Waals surface area contributed by atoms with Gasteiger partial charge in [-0.1, -0.05) is 66.7 Å². The molecule has 0 radical (unpaired) electrons. The van der Waals surface area contributed by atoms with Crippen molar-refractivity contribution in [2.45, 2.75) is 98.8 Å². The standard InChI is InChI=1S/C16H36N.C4H9Cl/c1-5-9-13-17(14-10-6-2,15-11-7-3)16-12-8-4;1-2-3-4-5/h5-16H2,1-4H3;2-4H2,1H3/q+1;. The van der Waals surface area contributed by atoms with E-state index in [1.54, 1.807) is 0 Å². The van der Waals surface area contributed by atoms with Crippen LogP contribution < -0.4 is 0 Å². The monoisotopic (exact) mass is 334 g/mol. The maximum atomic E-state index is 5.30. The molecular formula is C20H45ClN+. The summed E-state index contributed by atoms with van der Waals surface area (Å²) in [6.07, 6.45) is 13.4. The third-order valence-corrected chi connectivity index (χ3v) is 4.70. The highest BCUT2D eigenvalue weighted by Crippen LogP contribution is 2.16. The first-order valence-electron chi connectivity index (χ1n) is 10.1. The van der Waals surface area contributed by atoms with Gasteiger partial charge in [0.05, 0.1) is 26.2 Å². The Morgan fingerprint density at radius 1 is 0.500 bits per heavy atom. The zero-order valence-corrected chi connectivity index (χ0v) is 17.2. The molecule has 0 rings (SSSR count). The van der Waals surface area contributed by atoms with Crippen LogP contribution >= 0.6 is 11.6 Å². The minimum atomic E-state index is 0.816. The van der Waals surface area contributed by atoms with Gasteiger partial charge in [-0.05, 0) is 32.1 Å². The van der Waals surface area contributed by atoms with E-state index in [-0.39, 0.29) is 0 Å².